The average molecular weight is 333 g/mol. The number of anilines is 1. The zero-order valence-electron chi connectivity index (χ0n) is 13.2. The number of aromatic nitrogens is 3. The van der Waals surface area contributed by atoms with Crippen LogP contribution in [0, 0.1) is 13.8 Å². The summed E-state index contributed by atoms with van der Waals surface area (Å²) < 4.78 is 26.7. The molecule has 1 saturated heterocycles. The maximum atomic E-state index is 12.6. The third-order valence-corrected chi connectivity index (χ3v) is 5.67. The number of pyridine rings is 1. The molecule has 2 aromatic heterocycles. The van der Waals surface area contributed by atoms with Gasteiger partial charge < -0.3 is 4.90 Å². The molecule has 1 fully saturated rings. The van der Waals surface area contributed by atoms with E-state index in [4.69, 9.17) is 0 Å². The second-order valence-corrected chi connectivity index (χ2v) is 7.43. The van der Waals surface area contributed by atoms with E-state index in [1.807, 2.05) is 19.9 Å². The minimum absolute atomic E-state index is 0.238. The maximum absolute atomic E-state index is 12.6. The third kappa shape index (κ3) is 3.32. The molecule has 0 amide bonds. The SMILES string of the molecule is Cc1cc(N2CCN(S(=O)(=O)c3cccnc3)CC2)nc(C)n1. The van der Waals surface area contributed by atoms with Crippen molar-refractivity contribution in [1.29, 1.82) is 0 Å². The van der Waals surface area contributed by atoms with Gasteiger partial charge in [0.05, 0.1) is 0 Å². The fourth-order valence-electron chi connectivity index (χ4n) is 2.67. The summed E-state index contributed by atoms with van der Waals surface area (Å²) in [6.45, 7) is 5.87. The van der Waals surface area contributed by atoms with Gasteiger partial charge in [0.2, 0.25) is 10.0 Å². The number of hydrogen-bond acceptors (Lipinski definition) is 6. The smallest absolute Gasteiger partial charge is 0.244 e. The Labute approximate surface area is 136 Å². The molecule has 2 aromatic rings. The van der Waals surface area contributed by atoms with E-state index in [0.29, 0.717) is 26.2 Å². The summed E-state index contributed by atoms with van der Waals surface area (Å²) in [4.78, 5) is 14.9. The second kappa shape index (κ2) is 6.21. The van der Waals surface area contributed by atoms with Gasteiger partial charge in [-0.3, -0.25) is 4.98 Å². The Morgan fingerprint density at radius 1 is 1.09 bits per heavy atom. The summed E-state index contributed by atoms with van der Waals surface area (Å²) >= 11 is 0. The highest BCUT2D eigenvalue weighted by Crippen LogP contribution is 2.19. The van der Waals surface area contributed by atoms with E-state index in [1.54, 1.807) is 18.3 Å². The normalized spacial score (nSPS) is 16.5. The van der Waals surface area contributed by atoms with Gasteiger partial charge in [-0.2, -0.15) is 4.31 Å². The Bertz CT molecular complexity index is 767. The second-order valence-electron chi connectivity index (χ2n) is 5.49. The van der Waals surface area contributed by atoms with E-state index in [0.717, 1.165) is 17.3 Å². The highest BCUT2D eigenvalue weighted by Gasteiger charge is 2.29. The number of aryl methyl sites for hydroxylation is 2. The molecule has 3 heterocycles. The Morgan fingerprint density at radius 3 is 2.43 bits per heavy atom. The van der Waals surface area contributed by atoms with Gasteiger partial charge in [-0.15, -0.1) is 0 Å². The van der Waals surface area contributed by atoms with Crippen LogP contribution in [-0.2, 0) is 10.0 Å². The average Bonchev–Trinajstić information content (AvgIpc) is 2.55. The van der Waals surface area contributed by atoms with Crippen molar-refractivity contribution in [1.82, 2.24) is 19.3 Å². The number of piperazine rings is 1. The summed E-state index contributed by atoms with van der Waals surface area (Å²) in [5.74, 6) is 1.58. The highest BCUT2D eigenvalue weighted by atomic mass is 32.2. The van der Waals surface area contributed by atoms with Crippen molar-refractivity contribution in [3.8, 4) is 0 Å². The zero-order chi connectivity index (χ0) is 16.4. The number of rotatable bonds is 3. The zero-order valence-corrected chi connectivity index (χ0v) is 14.0. The van der Waals surface area contributed by atoms with Crippen LogP contribution in [0.25, 0.3) is 0 Å². The van der Waals surface area contributed by atoms with Crippen molar-refractivity contribution in [3.63, 3.8) is 0 Å². The number of nitrogens with zero attached hydrogens (tertiary/aromatic N) is 5. The van der Waals surface area contributed by atoms with Crippen LogP contribution in [0.5, 0.6) is 0 Å². The molecule has 1 aliphatic heterocycles. The molecule has 0 atom stereocenters. The van der Waals surface area contributed by atoms with Gasteiger partial charge >= 0.3 is 0 Å². The molecule has 0 saturated carbocycles. The van der Waals surface area contributed by atoms with E-state index in [-0.39, 0.29) is 4.90 Å². The minimum Gasteiger partial charge on any atom is -0.354 e. The van der Waals surface area contributed by atoms with Gasteiger partial charge in [0.15, 0.2) is 0 Å². The molecule has 0 aromatic carbocycles. The van der Waals surface area contributed by atoms with Crippen molar-refractivity contribution >= 4 is 15.8 Å². The Balaban J connectivity index is 1.73. The van der Waals surface area contributed by atoms with Crippen LogP contribution in [0.15, 0.2) is 35.5 Å². The molecule has 0 N–H and O–H groups in total. The molecule has 3 rings (SSSR count). The van der Waals surface area contributed by atoms with Crippen molar-refractivity contribution < 1.29 is 8.42 Å². The lowest BCUT2D eigenvalue weighted by molar-refractivity contribution is 0.383. The van der Waals surface area contributed by atoms with Gasteiger partial charge in [0, 0.05) is 50.3 Å². The molecule has 0 unspecified atom stereocenters. The van der Waals surface area contributed by atoms with E-state index in [1.165, 1.54) is 10.5 Å². The molecule has 0 spiro atoms. The fraction of sp³-hybridized carbons (Fsp3) is 0.400. The first-order valence-corrected chi connectivity index (χ1v) is 8.88. The minimum atomic E-state index is -3.47. The molecule has 23 heavy (non-hydrogen) atoms. The Kier molecular flexibility index (Phi) is 4.27. The summed E-state index contributed by atoms with van der Waals surface area (Å²) in [5, 5.41) is 0. The van der Waals surface area contributed by atoms with Crippen LogP contribution < -0.4 is 4.90 Å². The first-order valence-electron chi connectivity index (χ1n) is 7.44. The standard InChI is InChI=1S/C15H19N5O2S/c1-12-10-15(18-13(2)17-12)19-6-8-20(9-7-19)23(21,22)14-4-3-5-16-11-14/h3-5,10-11H,6-9H2,1-2H3. The van der Waals surface area contributed by atoms with Crippen LogP contribution in [0.3, 0.4) is 0 Å². The highest BCUT2D eigenvalue weighted by molar-refractivity contribution is 7.89. The quantitative estimate of drug-likeness (QED) is 0.834. The third-order valence-electron chi connectivity index (χ3n) is 3.79. The molecule has 7 nitrogen and oxygen atoms in total. The summed E-state index contributed by atoms with van der Waals surface area (Å²) in [6.07, 6.45) is 2.95. The van der Waals surface area contributed by atoms with Gasteiger partial charge in [-0.1, -0.05) is 0 Å². The lowest BCUT2D eigenvalue weighted by Gasteiger charge is -2.34. The van der Waals surface area contributed by atoms with Crippen LogP contribution in [-0.4, -0.2) is 53.9 Å². The van der Waals surface area contributed by atoms with Crippen molar-refractivity contribution in [3.05, 3.63) is 42.1 Å². The first kappa shape index (κ1) is 15.8. The van der Waals surface area contributed by atoms with Crippen LogP contribution in [0.1, 0.15) is 11.5 Å². The van der Waals surface area contributed by atoms with Gasteiger partial charge in [-0.05, 0) is 26.0 Å². The van der Waals surface area contributed by atoms with Crippen molar-refractivity contribution in [2.45, 2.75) is 18.7 Å². The summed E-state index contributed by atoms with van der Waals surface area (Å²) in [7, 11) is -3.47. The summed E-state index contributed by atoms with van der Waals surface area (Å²) in [5.41, 5.74) is 0.915. The van der Waals surface area contributed by atoms with Crippen LogP contribution >= 0.6 is 0 Å². The molecular weight excluding hydrogens is 314 g/mol. The molecule has 1 aliphatic rings. The predicted molar refractivity (Wildman–Crippen MR) is 86.7 cm³/mol. The van der Waals surface area contributed by atoms with Crippen LogP contribution in [0.4, 0.5) is 5.82 Å². The lowest BCUT2D eigenvalue weighted by Crippen LogP contribution is -2.49. The largest absolute Gasteiger partial charge is 0.354 e. The molecule has 8 heteroatoms. The van der Waals surface area contributed by atoms with Crippen LogP contribution in [0.2, 0.25) is 0 Å². The molecule has 0 aliphatic carbocycles. The van der Waals surface area contributed by atoms with Gasteiger partial charge in [0.25, 0.3) is 0 Å². The van der Waals surface area contributed by atoms with E-state index in [2.05, 4.69) is 19.9 Å². The maximum Gasteiger partial charge on any atom is 0.244 e. The summed E-state index contributed by atoms with van der Waals surface area (Å²) in [6, 6.07) is 5.14. The topological polar surface area (TPSA) is 79.3 Å². The Morgan fingerprint density at radius 2 is 1.83 bits per heavy atom. The van der Waals surface area contributed by atoms with Crippen molar-refractivity contribution in [2.24, 2.45) is 0 Å². The number of hydrogen-bond donors (Lipinski definition) is 0. The molecule has 0 bridgehead atoms. The van der Waals surface area contributed by atoms with E-state index < -0.39 is 10.0 Å². The molecule has 122 valence electrons. The molecule has 0 radical (unpaired) electrons. The predicted octanol–water partition coefficient (Wildman–Crippen LogP) is 0.999. The van der Waals surface area contributed by atoms with Gasteiger partial charge in [0.1, 0.15) is 16.5 Å². The fourth-order valence-corrected chi connectivity index (χ4v) is 4.05. The Hall–Kier alpha value is -2.06. The monoisotopic (exact) mass is 333 g/mol. The lowest BCUT2D eigenvalue weighted by atomic mass is 10.3. The van der Waals surface area contributed by atoms with Gasteiger partial charge in [-0.25, -0.2) is 18.4 Å². The van der Waals surface area contributed by atoms with E-state index in [9.17, 15) is 8.42 Å². The van der Waals surface area contributed by atoms with Crippen molar-refractivity contribution in [2.75, 3.05) is 31.1 Å². The number of sulfonamides is 1. The van der Waals surface area contributed by atoms with E-state index >= 15 is 0 Å². The first-order chi connectivity index (χ1) is 11.0. The molecular formula is C15H19N5O2S.